The number of piperidine rings is 1. The maximum atomic E-state index is 13.8. The quantitative estimate of drug-likeness (QED) is 0.854. The van der Waals surface area contributed by atoms with Crippen LogP contribution in [0.2, 0.25) is 5.02 Å². The van der Waals surface area contributed by atoms with Gasteiger partial charge in [-0.3, -0.25) is 0 Å². The van der Waals surface area contributed by atoms with Crippen LogP contribution in [-0.4, -0.2) is 18.2 Å². The highest BCUT2D eigenvalue weighted by atomic mass is 35.5. The molecule has 17 heavy (non-hydrogen) atoms. The van der Waals surface area contributed by atoms with Gasteiger partial charge in [-0.05, 0) is 56.3 Å². The predicted molar refractivity (Wildman–Crippen MR) is 67.1 cm³/mol. The Morgan fingerprint density at radius 1 is 1.47 bits per heavy atom. The molecule has 1 fully saturated rings. The maximum Gasteiger partial charge on any atom is 0.170 e. The van der Waals surface area contributed by atoms with E-state index in [2.05, 4.69) is 5.32 Å². The summed E-state index contributed by atoms with van der Waals surface area (Å²) in [5, 5.41) is 13.0. The molecule has 2 nitrogen and oxygen atoms in total. The van der Waals surface area contributed by atoms with Crippen molar-refractivity contribution < 1.29 is 9.50 Å². The number of benzene rings is 1. The number of phenols is 1. The Morgan fingerprint density at radius 2 is 2.12 bits per heavy atom. The molecule has 0 aromatic heterocycles. The minimum absolute atomic E-state index is 0.122. The number of hydrogen-bond acceptors (Lipinski definition) is 2. The predicted octanol–water partition coefficient (Wildman–Crippen LogP) is 3.04. The van der Waals surface area contributed by atoms with E-state index < -0.39 is 11.6 Å². The minimum atomic E-state index is -0.556. The van der Waals surface area contributed by atoms with Crippen LogP contribution in [0.4, 0.5) is 4.39 Å². The van der Waals surface area contributed by atoms with E-state index in [1.54, 1.807) is 13.0 Å². The van der Waals surface area contributed by atoms with E-state index in [4.69, 9.17) is 11.6 Å². The fraction of sp³-hybridized carbons (Fsp3) is 0.538. The third kappa shape index (κ3) is 2.72. The van der Waals surface area contributed by atoms with Crippen molar-refractivity contribution in [1.82, 2.24) is 5.32 Å². The van der Waals surface area contributed by atoms with Gasteiger partial charge in [-0.25, -0.2) is 4.39 Å². The van der Waals surface area contributed by atoms with Crippen molar-refractivity contribution in [2.24, 2.45) is 5.92 Å². The van der Waals surface area contributed by atoms with Crippen LogP contribution in [0.25, 0.3) is 0 Å². The Labute approximate surface area is 106 Å². The first-order valence-electron chi connectivity index (χ1n) is 5.96. The van der Waals surface area contributed by atoms with Crippen LogP contribution in [-0.2, 0) is 6.42 Å². The van der Waals surface area contributed by atoms with E-state index in [0.29, 0.717) is 17.9 Å². The monoisotopic (exact) mass is 257 g/mol. The van der Waals surface area contributed by atoms with Gasteiger partial charge in [-0.1, -0.05) is 17.7 Å². The summed E-state index contributed by atoms with van der Waals surface area (Å²) >= 11 is 5.80. The Bertz CT molecular complexity index is 416. The summed E-state index contributed by atoms with van der Waals surface area (Å²) in [5.74, 6) is -0.472. The van der Waals surface area contributed by atoms with Crippen molar-refractivity contribution in [3.63, 3.8) is 0 Å². The molecule has 1 aromatic carbocycles. The summed E-state index contributed by atoms with van der Waals surface area (Å²) in [6, 6.07) is 1.75. The van der Waals surface area contributed by atoms with Crippen LogP contribution in [0.1, 0.15) is 24.0 Å². The van der Waals surface area contributed by atoms with Gasteiger partial charge in [0, 0.05) is 0 Å². The van der Waals surface area contributed by atoms with Crippen LogP contribution in [0.5, 0.6) is 5.75 Å². The smallest absolute Gasteiger partial charge is 0.170 e. The molecular formula is C13H17ClFNO. The van der Waals surface area contributed by atoms with Crippen LogP contribution in [0, 0.1) is 18.7 Å². The molecular weight excluding hydrogens is 241 g/mol. The fourth-order valence-electron chi connectivity index (χ4n) is 2.37. The van der Waals surface area contributed by atoms with Crippen molar-refractivity contribution >= 4 is 11.6 Å². The second-order valence-corrected chi connectivity index (χ2v) is 5.10. The van der Waals surface area contributed by atoms with Crippen molar-refractivity contribution in [3.8, 4) is 5.75 Å². The zero-order valence-corrected chi connectivity index (χ0v) is 10.6. The van der Waals surface area contributed by atoms with Gasteiger partial charge in [0.15, 0.2) is 11.6 Å². The summed E-state index contributed by atoms with van der Waals surface area (Å²) in [6.45, 7) is 3.77. The number of aryl methyl sites for hydroxylation is 1. The van der Waals surface area contributed by atoms with Gasteiger partial charge < -0.3 is 10.4 Å². The van der Waals surface area contributed by atoms with Crippen LogP contribution in [0.3, 0.4) is 0 Å². The lowest BCUT2D eigenvalue weighted by Gasteiger charge is -2.23. The summed E-state index contributed by atoms with van der Waals surface area (Å²) in [5.41, 5.74) is 1.31. The number of hydrogen-bond donors (Lipinski definition) is 2. The zero-order valence-electron chi connectivity index (χ0n) is 9.89. The first-order valence-corrected chi connectivity index (χ1v) is 6.34. The lowest BCUT2D eigenvalue weighted by Crippen LogP contribution is -2.28. The SMILES string of the molecule is Cc1cc(CC2CCNCC2)c(F)c(O)c1Cl. The summed E-state index contributed by atoms with van der Waals surface area (Å²) in [4.78, 5) is 0. The first kappa shape index (κ1) is 12.7. The Hall–Kier alpha value is -0.800. The Morgan fingerprint density at radius 3 is 2.76 bits per heavy atom. The number of rotatable bonds is 2. The Kier molecular flexibility index (Phi) is 3.89. The molecule has 0 unspecified atom stereocenters. The molecule has 2 rings (SSSR count). The molecule has 0 bridgehead atoms. The molecule has 4 heteroatoms. The summed E-state index contributed by atoms with van der Waals surface area (Å²) in [7, 11) is 0. The van der Waals surface area contributed by atoms with E-state index in [1.165, 1.54) is 0 Å². The van der Waals surface area contributed by atoms with Gasteiger partial charge in [0.2, 0.25) is 0 Å². The normalized spacial score (nSPS) is 17.4. The molecule has 1 heterocycles. The molecule has 0 saturated carbocycles. The molecule has 2 N–H and O–H groups in total. The number of halogens is 2. The minimum Gasteiger partial charge on any atom is -0.504 e. The average molecular weight is 258 g/mol. The van der Waals surface area contributed by atoms with E-state index >= 15 is 0 Å². The van der Waals surface area contributed by atoms with Crippen LogP contribution < -0.4 is 5.32 Å². The van der Waals surface area contributed by atoms with Gasteiger partial charge in [0.05, 0.1) is 5.02 Å². The molecule has 0 amide bonds. The molecule has 1 aliphatic heterocycles. The highest BCUT2D eigenvalue weighted by molar-refractivity contribution is 6.32. The van der Waals surface area contributed by atoms with Crippen molar-refractivity contribution in [2.75, 3.05) is 13.1 Å². The number of aromatic hydroxyl groups is 1. The largest absolute Gasteiger partial charge is 0.504 e. The highest BCUT2D eigenvalue weighted by Crippen LogP contribution is 2.33. The van der Waals surface area contributed by atoms with E-state index in [1.807, 2.05) is 0 Å². The molecule has 0 aliphatic carbocycles. The Balaban J connectivity index is 2.20. The van der Waals surface area contributed by atoms with Crippen LogP contribution >= 0.6 is 11.6 Å². The van der Waals surface area contributed by atoms with Crippen LogP contribution in [0.15, 0.2) is 6.07 Å². The second kappa shape index (κ2) is 5.23. The average Bonchev–Trinajstić information content (AvgIpc) is 2.35. The van der Waals surface area contributed by atoms with Crippen molar-refractivity contribution in [2.45, 2.75) is 26.2 Å². The van der Waals surface area contributed by atoms with Gasteiger partial charge in [0.25, 0.3) is 0 Å². The number of phenolic OH excluding ortho intramolecular Hbond substituents is 1. The molecule has 1 aliphatic rings. The molecule has 94 valence electrons. The van der Waals surface area contributed by atoms with Crippen molar-refractivity contribution in [1.29, 1.82) is 0 Å². The standard InChI is InChI=1S/C13H17ClFNO/c1-8-6-10(12(15)13(17)11(8)14)7-9-2-4-16-5-3-9/h6,9,16-17H,2-5,7H2,1H3. The second-order valence-electron chi connectivity index (χ2n) is 4.73. The third-order valence-electron chi connectivity index (χ3n) is 3.40. The summed E-state index contributed by atoms with van der Waals surface area (Å²) in [6.07, 6.45) is 2.79. The van der Waals surface area contributed by atoms with Crippen molar-refractivity contribution in [3.05, 3.63) is 28.0 Å². The molecule has 0 radical (unpaired) electrons. The van der Waals surface area contributed by atoms with E-state index in [9.17, 15) is 9.50 Å². The molecule has 1 saturated heterocycles. The van der Waals surface area contributed by atoms with Gasteiger partial charge in [0.1, 0.15) is 0 Å². The zero-order chi connectivity index (χ0) is 12.4. The highest BCUT2D eigenvalue weighted by Gasteiger charge is 2.19. The summed E-state index contributed by atoms with van der Waals surface area (Å²) < 4.78 is 13.8. The lowest BCUT2D eigenvalue weighted by molar-refractivity contribution is 0.364. The van der Waals surface area contributed by atoms with Gasteiger partial charge in [-0.15, -0.1) is 0 Å². The van der Waals surface area contributed by atoms with Gasteiger partial charge >= 0.3 is 0 Å². The lowest BCUT2D eigenvalue weighted by atomic mass is 9.90. The molecule has 0 atom stereocenters. The maximum absolute atomic E-state index is 13.8. The van der Waals surface area contributed by atoms with E-state index in [-0.39, 0.29) is 5.02 Å². The number of nitrogens with one attached hydrogen (secondary N) is 1. The third-order valence-corrected chi connectivity index (χ3v) is 3.88. The van der Waals surface area contributed by atoms with Gasteiger partial charge in [-0.2, -0.15) is 0 Å². The first-order chi connectivity index (χ1) is 8.09. The fourth-order valence-corrected chi connectivity index (χ4v) is 2.51. The molecule has 1 aromatic rings. The topological polar surface area (TPSA) is 32.3 Å². The van der Waals surface area contributed by atoms with E-state index in [0.717, 1.165) is 31.5 Å². The molecule has 0 spiro atoms.